The molecule has 2 aliphatic heterocycles. The van der Waals surface area contributed by atoms with Crippen molar-refractivity contribution in [2.24, 2.45) is 0 Å². The summed E-state index contributed by atoms with van der Waals surface area (Å²) in [6, 6.07) is 4.78. The standard InChI is InChI=1S/C19H15F3N4O3/c20-19(21,22)15-4-2-1-3-14(15)16(27)25-7-12-9-26(10-13(12)8-25)18-23-5-11(6-24-18)17(28)29/h1-6H,7-10H2,(H,28,29). The van der Waals surface area contributed by atoms with Gasteiger partial charge in [-0.3, -0.25) is 4.79 Å². The van der Waals surface area contributed by atoms with Crippen molar-refractivity contribution in [3.05, 3.63) is 64.5 Å². The second-order valence-corrected chi connectivity index (χ2v) is 6.84. The molecule has 0 saturated carbocycles. The van der Waals surface area contributed by atoms with Crippen molar-refractivity contribution in [3.8, 4) is 0 Å². The molecule has 1 amide bonds. The van der Waals surface area contributed by atoms with Gasteiger partial charge in [-0.15, -0.1) is 0 Å². The smallest absolute Gasteiger partial charge is 0.417 e. The largest absolute Gasteiger partial charge is 0.478 e. The highest BCUT2D eigenvalue weighted by Gasteiger charge is 2.38. The molecule has 2 aliphatic rings. The van der Waals surface area contributed by atoms with Crippen LogP contribution in [0.5, 0.6) is 0 Å². The summed E-state index contributed by atoms with van der Waals surface area (Å²) in [7, 11) is 0. The molecule has 29 heavy (non-hydrogen) atoms. The quantitative estimate of drug-likeness (QED) is 0.791. The summed E-state index contributed by atoms with van der Waals surface area (Å²) in [4.78, 5) is 34.9. The number of carbonyl (C=O) groups excluding carboxylic acids is 1. The van der Waals surface area contributed by atoms with Crippen LogP contribution >= 0.6 is 0 Å². The number of aromatic nitrogens is 2. The predicted octanol–water partition coefficient (Wildman–Crippen LogP) is 2.47. The Morgan fingerprint density at radius 3 is 2.10 bits per heavy atom. The van der Waals surface area contributed by atoms with Crippen LogP contribution in [0.4, 0.5) is 19.1 Å². The molecule has 1 N–H and O–H groups in total. The van der Waals surface area contributed by atoms with Gasteiger partial charge in [0.2, 0.25) is 5.95 Å². The van der Waals surface area contributed by atoms with E-state index in [4.69, 9.17) is 5.11 Å². The fourth-order valence-corrected chi connectivity index (χ4v) is 3.55. The van der Waals surface area contributed by atoms with Gasteiger partial charge in [-0.2, -0.15) is 13.2 Å². The minimum Gasteiger partial charge on any atom is -0.478 e. The molecule has 1 aromatic heterocycles. The minimum atomic E-state index is -4.60. The lowest BCUT2D eigenvalue weighted by Gasteiger charge is -2.24. The zero-order valence-electron chi connectivity index (χ0n) is 15.0. The van der Waals surface area contributed by atoms with Crippen molar-refractivity contribution in [3.63, 3.8) is 0 Å². The van der Waals surface area contributed by atoms with E-state index >= 15 is 0 Å². The third kappa shape index (κ3) is 3.53. The number of carbonyl (C=O) groups is 2. The van der Waals surface area contributed by atoms with Crippen molar-refractivity contribution in [2.75, 3.05) is 31.1 Å². The van der Waals surface area contributed by atoms with Crippen LogP contribution in [0.1, 0.15) is 26.3 Å². The summed E-state index contributed by atoms with van der Waals surface area (Å²) >= 11 is 0. The van der Waals surface area contributed by atoms with Crippen LogP contribution in [0.15, 0.2) is 47.8 Å². The topological polar surface area (TPSA) is 86.6 Å². The number of alkyl halides is 3. The Kier molecular flexibility index (Phi) is 4.48. The summed E-state index contributed by atoms with van der Waals surface area (Å²) in [6.07, 6.45) is -2.16. The lowest BCUT2D eigenvalue weighted by Crippen LogP contribution is -2.35. The molecule has 0 saturated heterocycles. The monoisotopic (exact) mass is 404 g/mol. The van der Waals surface area contributed by atoms with E-state index in [1.807, 2.05) is 4.90 Å². The Labute approximate surface area is 163 Å². The second-order valence-electron chi connectivity index (χ2n) is 6.84. The van der Waals surface area contributed by atoms with Crippen LogP contribution < -0.4 is 4.90 Å². The number of carboxylic acid groups (broad SMARTS) is 1. The first-order valence-corrected chi connectivity index (χ1v) is 8.69. The van der Waals surface area contributed by atoms with Gasteiger partial charge < -0.3 is 14.9 Å². The summed E-state index contributed by atoms with van der Waals surface area (Å²) in [5.41, 5.74) is 0.562. The van der Waals surface area contributed by atoms with Gasteiger partial charge >= 0.3 is 12.1 Å². The van der Waals surface area contributed by atoms with Gasteiger partial charge in [0.1, 0.15) is 0 Å². The molecule has 150 valence electrons. The SMILES string of the molecule is O=C(O)c1cnc(N2CC3=C(CN(C(=O)c4ccccc4C(F)(F)F)C3)C2)nc1. The first-order valence-electron chi connectivity index (χ1n) is 8.69. The maximum Gasteiger partial charge on any atom is 0.417 e. The lowest BCUT2D eigenvalue weighted by atomic mass is 10.1. The molecule has 3 heterocycles. The van der Waals surface area contributed by atoms with Gasteiger partial charge in [0.05, 0.1) is 16.7 Å². The van der Waals surface area contributed by atoms with E-state index in [0.29, 0.717) is 19.0 Å². The average Bonchev–Trinajstić information content (AvgIpc) is 3.26. The van der Waals surface area contributed by atoms with E-state index in [1.54, 1.807) is 0 Å². The Morgan fingerprint density at radius 1 is 0.966 bits per heavy atom. The van der Waals surface area contributed by atoms with E-state index in [9.17, 15) is 22.8 Å². The van der Waals surface area contributed by atoms with Crippen molar-refractivity contribution >= 4 is 17.8 Å². The Morgan fingerprint density at radius 2 is 1.55 bits per heavy atom. The summed E-state index contributed by atoms with van der Waals surface area (Å²) in [5.74, 6) is -1.41. The van der Waals surface area contributed by atoms with E-state index < -0.39 is 23.6 Å². The Hall–Kier alpha value is -3.43. The van der Waals surface area contributed by atoms with Gasteiger partial charge in [0, 0.05) is 38.6 Å². The molecule has 0 bridgehead atoms. The number of benzene rings is 1. The van der Waals surface area contributed by atoms with Crippen LogP contribution in [0.25, 0.3) is 0 Å². The molecule has 0 fully saturated rings. The summed E-state index contributed by atoms with van der Waals surface area (Å²) in [5, 5.41) is 8.91. The second kappa shape index (κ2) is 6.87. The number of hydrogen-bond acceptors (Lipinski definition) is 5. The first-order chi connectivity index (χ1) is 13.7. The highest BCUT2D eigenvalue weighted by molar-refractivity contribution is 5.96. The summed E-state index contributed by atoms with van der Waals surface area (Å²) in [6.45, 7) is 1.35. The fraction of sp³-hybridized carbons (Fsp3) is 0.263. The molecule has 10 heteroatoms. The van der Waals surface area contributed by atoms with Crippen molar-refractivity contribution in [1.29, 1.82) is 0 Å². The van der Waals surface area contributed by atoms with E-state index in [1.165, 1.54) is 35.5 Å². The molecular formula is C19H15F3N4O3. The molecule has 0 spiro atoms. The van der Waals surface area contributed by atoms with Gasteiger partial charge in [-0.25, -0.2) is 14.8 Å². The maximum atomic E-state index is 13.2. The molecule has 4 rings (SSSR count). The normalized spacial score (nSPS) is 16.4. The van der Waals surface area contributed by atoms with Gasteiger partial charge in [0.15, 0.2) is 0 Å². The third-order valence-electron chi connectivity index (χ3n) is 4.94. The van der Waals surface area contributed by atoms with Crippen molar-refractivity contribution in [1.82, 2.24) is 14.9 Å². The molecule has 2 aromatic rings. The summed E-state index contributed by atoms with van der Waals surface area (Å²) < 4.78 is 39.6. The lowest BCUT2D eigenvalue weighted by molar-refractivity contribution is -0.138. The number of rotatable bonds is 3. The number of aromatic carboxylic acids is 1. The number of anilines is 1. The molecule has 1 aromatic carbocycles. The molecule has 0 unspecified atom stereocenters. The zero-order chi connectivity index (χ0) is 20.8. The predicted molar refractivity (Wildman–Crippen MR) is 95.6 cm³/mol. The number of amides is 1. The van der Waals surface area contributed by atoms with Crippen LogP contribution in [0.2, 0.25) is 0 Å². The number of halogens is 3. The molecule has 0 radical (unpaired) electrons. The van der Waals surface area contributed by atoms with Crippen molar-refractivity contribution < 1.29 is 27.9 Å². The average molecular weight is 404 g/mol. The van der Waals surface area contributed by atoms with Crippen LogP contribution in [-0.4, -0.2) is 58.0 Å². The van der Waals surface area contributed by atoms with Crippen LogP contribution in [0, 0.1) is 0 Å². The first kappa shape index (κ1) is 18.9. The Balaban J connectivity index is 1.45. The van der Waals surface area contributed by atoms with Gasteiger partial charge in [0.25, 0.3) is 5.91 Å². The Bertz CT molecular complexity index is 1000. The van der Waals surface area contributed by atoms with Crippen LogP contribution in [0.3, 0.4) is 0 Å². The zero-order valence-corrected chi connectivity index (χ0v) is 15.0. The van der Waals surface area contributed by atoms with Crippen molar-refractivity contribution in [2.45, 2.75) is 6.18 Å². The molecule has 7 nitrogen and oxygen atoms in total. The van der Waals surface area contributed by atoms with E-state index in [-0.39, 0.29) is 24.2 Å². The number of carboxylic acids is 1. The third-order valence-corrected chi connectivity index (χ3v) is 4.94. The van der Waals surface area contributed by atoms with E-state index in [0.717, 1.165) is 17.2 Å². The number of hydrogen-bond donors (Lipinski definition) is 1. The minimum absolute atomic E-state index is 0.0199. The number of nitrogens with zero attached hydrogens (tertiary/aromatic N) is 4. The molecule has 0 atom stereocenters. The highest BCUT2D eigenvalue weighted by Crippen LogP contribution is 2.34. The maximum absolute atomic E-state index is 13.2. The van der Waals surface area contributed by atoms with Gasteiger partial charge in [-0.05, 0) is 23.3 Å². The van der Waals surface area contributed by atoms with Gasteiger partial charge in [-0.1, -0.05) is 12.1 Å². The highest BCUT2D eigenvalue weighted by atomic mass is 19.4. The van der Waals surface area contributed by atoms with Crippen LogP contribution in [-0.2, 0) is 6.18 Å². The van der Waals surface area contributed by atoms with E-state index in [2.05, 4.69) is 9.97 Å². The fourth-order valence-electron chi connectivity index (χ4n) is 3.55. The molecule has 0 aliphatic carbocycles. The molecular weight excluding hydrogens is 389 g/mol.